The number of piperidine rings is 1. The van der Waals surface area contributed by atoms with Gasteiger partial charge in [0.15, 0.2) is 0 Å². The van der Waals surface area contributed by atoms with Crippen LogP contribution < -0.4 is 10.2 Å². The SMILES string of the molecule is CCCN(c1ccncn1)C1CC2CCC(C1)N2. The minimum absolute atomic E-state index is 0.651. The van der Waals surface area contributed by atoms with E-state index in [0.717, 1.165) is 24.4 Å². The first-order valence-electron chi connectivity index (χ1n) is 7.15. The minimum atomic E-state index is 0.651. The van der Waals surface area contributed by atoms with Crippen molar-refractivity contribution in [1.82, 2.24) is 15.3 Å². The molecule has 2 bridgehead atoms. The van der Waals surface area contributed by atoms with Gasteiger partial charge in [-0.1, -0.05) is 6.92 Å². The van der Waals surface area contributed by atoms with Crippen LogP contribution in [-0.4, -0.2) is 34.6 Å². The lowest BCUT2D eigenvalue weighted by Crippen LogP contribution is -2.48. The predicted octanol–water partition coefficient (Wildman–Crippen LogP) is 1.98. The number of hydrogen-bond acceptors (Lipinski definition) is 4. The van der Waals surface area contributed by atoms with Crippen molar-refractivity contribution in [2.45, 2.75) is 57.2 Å². The summed E-state index contributed by atoms with van der Waals surface area (Å²) in [6.07, 6.45) is 9.91. The fraction of sp³-hybridized carbons (Fsp3) is 0.714. The van der Waals surface area contributed by atoms with Crippen LogP contribution in [0.5, 0.6) is 0 Å². The summed E-state index contributed by atoms with van der Waals surface area (Å²) in [5.74, 6) is 1.10. The zero-order valence-electron chi connectivity index (χ0n) is 11.0. The maximum Gasteiger partial charge on any atom is 0.132 e. The van der Waals surface area contributed by atoms with Crippen LogP contribution in [0.3, 0.4) is 0 Å². The van der Waals surface area contributed by atoms with E-state index in [1.807, 2.05) is 12.3 Å². The van der Waals surface area contributed by atoms with Gasteiger partial charge in [-0.2, -0.15) is 0 Å². The van der Waals surface area contributed by atoms with Crippen LogP contribution in [0.25, 0.3) is 0 Å². The third-order valence-corrected chi connectivity index (χ3v) is 4.21. The molecule has 2 saturated heterocycles. The molecule has 3 rings (SSSR count). The maximum absolute atomic E-state index is 4.44. The quantitative estimate of drug-likeness (QED) is 0.882. The Labute approximate surface area is 109 Å². The Morgan fingerprint density at radius 2 is 2.11 bits per heavy atom. The number of aromatic nitrogens is 2. The van der Waals surface area contributed by atoms with Gasteiger partial charge in [0, 0.05) is 30.9 Å². The smallest absolute Gasteiger partial charge is 0.132 e. The molecule has 4 heteroatoms. The van der Waals surface area contributed by atoms with E-state index in [1.165, 1.54) is 32.1 Å². The van der Waals surface area contributed by atoms with Crippen LogP contribution in [-0.2, 0) is 0 Å². The van der Waals surface area contributed by atoms with Gasteiger partial charge in [-0.25, -0.2) is 9.97 Å². The van der Waals surface area contributed by atoms with E-state index in [4.69, 9.17) is 0 Å². The van der Waals surface area contributed by atoms with E-state index in [-0.39, 0.29) is 0 Å². The normalized spacial score (nSPS) is 30.4. The molecule has 0 amide bonds. The number of anilines is 1. The molecule has 0 spiro atoms. The van der Waals surface area contributed by atoms with Crippen LogP contribution >= 0.6 is 0 Å². The van der Waals surface area contributed by atoms with Gasteiger partial charge in [-0.3, -0.25) is 0 Å². The second-order valence-corrected chi connectivity index (χ2v) is 5.52. The van der Waals surface area contributed by atoms with Crippen molar-refractivity contribution >= 4 is 5.82 Å². The van der Waals surface area contributed by atoms with Crippen molar-refractivity contribution in [2.75, 3.05) is 11.4 Å². The number of nitrogens with one attached hydrogen (secondary N) is 1. The number of fused-ring (bicyclic) bond motifs is 2. The van der Waals surface area contributed by atoms with Crippen molar-refractivity contribution in [2.24, 2.45) is 0 Å². The van der Waals surface area contributed by atoms with Crippen LogP contribution in [0.1, 0.15) is 39.0 Å². The Balaban J connectivity index is 1.77. The number of hydrogen-bond donors (Lipinski definition) is 1. The van der Waals surface area contributed by atoms with Gasteiger partial charge in [-0.15, -0.1) is 0 Å². The second-order valence-electron chi connectivity index (χ2n) is 5.52. The monoisotopic (exact) mass is 246 g/mol. The molecule has 0 aliphatic carbocycles. The zero-order valence-corrected chi connectivity index (χ0v) is 11.0. The molecule has 2 aliphatic rings. The van der Waals surface area contributed by atoms with Gasteiger partial charge < -0.3 is 10.2 Å². The van der Waals surface area contributed by atoms with Gasteiger partial charge in [0.2, 0.25) is 0 Å². The molecule has 1 N–H and O–H groups in total. The Bertz CT molecular complexity index is 369. The molecule has 1 aromatic heterocycles. The van der Waals surface area contributed by atoms with E-state index in [1.54, 1.807) is 6.33 Å². The van der Waals surface area contributed by atoms with Gasteiger partial charge in [0.1, 0.15) is 12.1 Å². The van der Waals surface area contributed by atoms with E-state index in [9.17, 15) is 0 Å². The summed E-state index contributed by atoms with van der Waals surface area (Å²) in [5, 5.41) is 3.71. The Morgan fingerprint density at radius 3 is 2.72 bits per heavy atom. The van der Waals surface area contributed by atoms with Crippen molar-refractivity contribution in [1.29, 1.82) is 0 Å². The summed E-state index contributed by atoms with van der Waals surface area (Å²) in [4.78, 5) is 11.0. The molecule has 2 aliphatic heterocycles. The highest BCUT2D eigenvalue weighted by molar-refractivity contribution is 5.38. The highest BCUT2D eigenvalue weighted by Gasteiger charge is 2.36. The van der Waals surface area contributed by atoms with Gasteiger partial charge in [0.05, 0.1) is 0 Å². The molecular formula is C14H22N4. The summed E-state index contributed by atoms with van der Waals surface area (Å²) >= 11 is 0. The van der Waals surface area contributed by atoms with Crippen molar-refractivity contribution < 1.29 is 0 Å². The second kappa shape index (κ2) is 5.22. The lowest BCUT2D eigenvalue weighted by Gasteiger charge is -2.38. The van der Waals surface area contributed by atoms with Crippen molar-refractivity contribution in [3.63, 3.8) is 0 Å². The molecule has 0 aromatic carbocycles. The number of nitrogens with zero attached hydrogens (tertiary/aromatic N) is 3. The van der Waals surface area contributed by atoms with Crippen LogP contribution in [0, 0.1) is 0 Å². The van der Waals surface area contributed by atoms with Gasteiger partial charge >= 0.3 is 0 Å². The molecule has 2 fully saturated rings. The van der Waals surface area contributed by atoms with Crippen molar-refractivity contribution in [3.05, 3.63) is 18.6 Å². The molecule has 18 heavy (non-hydrogen) atoms. The molecule has 0 saturated carbocycles. The fourth-order valence-electron chi connectivity index (χ4n) is 3.46. The Hall–Kier alpha value is -1.16. The average molecular weight is 246 g/mol. The topological polar surface area (TPSA) is 41.1 Å². The molecule has 3 heterocycles. The molecule has 1 aromatic rings. The Morgan fingerprint density at radius 1 is 1.33 bits per heavy atom. The van der Waals surface area contributed by atoms with E-state index in [0.29, 0.717) is 6.04 Å². The Kier molecular flexibility index (Phi) is 3.46. The molecule has 4 nitrogen and oxygen atoms in total. The van der Waals surface area contributed by atoms with Crippen molar-refractivity contribution in [3.8, 4) is 0 Å². The van der Waals surface area contributed by atoms with E-state index < -0.39 is 0 Å². The lowest BCUT2D eigenvalue weighted by molar-refractivity contribution is 0.345. The van der Waals surface area contributed by atoms with Crippen LogP contribution in [0.4, 0.5) is 5.82 Å². The first-order chi connectivity index (χ1) is 8.86. The molecule has 2 atom stereocenters. The summed E-state index contributed by atoms with van der Waals surface area (Å²) in [6.45, 7) is 3.34. The summed E-state index contributed by atoms with van der Waals surface area (Å²) in [5.41, 5.74) is 0. The van der Waals surface area contributed by atoms with Crippen LogP contribution in [0.2, 0.25) is 0 Å². The largest absolute Gasteiger partial charge is 0.353 e. The molecular weight excluding hydrogens is 224 g/mol. The maximum atomic E-state index is 4.44. The number of rotatable bonds is 4. The minimum Gasteiger partial charge on any atom is -0.353 e. The first-order valence-corrected chi connectivity index (χ1v) is 7.15. The highest BCUT2D eigenvalue weighted by atomic mass is 15.2. The first kappa shape index (κ1) is 11.9. The molecule has 2 unspecified atom stereocenters. The zero-order chi connectivity index (χ0) is 12.4. The molecule has 98 valence electrons. The molecule has 0 radical (unpaired) electrons. The van der Waals surface area contributed by atoms with Gasteiger partial charge in [0.25, 0.3) is 0 Å². The predicted molar refractivity (Wildman–Crippen MR) is 72.6 cm³/mol. The van der Waals surface area contributed by atoms with Gasteiger partial charge in [-0.05, 0) is 38.2 Å². The van der Waals surface area contributed by atoms with E-state index in [2.05, 4.69) is 27.1 Å². The highest BCUT2D eigenvalue weighted by Crippen LogP contribution is 2.31. The van der Waals surface area contributed by atoms with Crippen LogP contribution in [0.15, 0.2) is 18.6 Å². The summed E-state index contributed by atoms with van der Waals surface area (Å²) in [6, 6.07) is 4.16. The van der Waals surface area contributed by atoms with E-state index >= 15 is 0 Å². The summed E-state index contributed by atoms with van der Waals surface area (Å²) in [7, 11) is 0. The fourth-order valence-corrected chi connectivity index (χ4v) is 3.46. The summed E-state index contributed by atoms with van der Waals surface area (Å²) < 4.78 is 0. The third-order valence-electron chi connectivity index (χ3n) is 4.21. The lowest BCUT2D eigenvalue weighted by atomic mass is 9.98. The standard InChI is InChI=1S/C14H22N4/c1-2-7-18(14-5-6-15-10-16-14)13-8-11-3-4-12(9-13)17-11/h5-6,10-13,17H,2-4,7-9H2,1H3. The average Bonchev–Trinajstić information content (AvgIpc) is 2.76. The third kappa shape index (κ3) is 2.34.